The smallest absolute Gasteiger partial charge is 0.242 e. The monoisotopic (exact) mass is 308 g/mol. The number of hydrogen-bond acceptors (Lipinski definition) is 3. The lowest BCUT2D eigenvalue weighted by molar-refractivity contribution is 0.689. The highest BCUT2D eigenvalue weighted by molar-refractivity contribution is 9.10. The molecule has 8 heteroatoms. The first-order chi connectivity index (χ1) is 7.09. The van der Waals surface area contributed by atoms with Gasteiger partial charge in [0.05, 0.1) is 4.47 Å². The molecule has 5 nitrogen and oxygen atoms in total. The highest BCUT2D eigenvalue weighted by Crippen LogP contribution is 2.23. The maximum atomic E-state index is 11.0. The van der Waals surface area contributed by atoms with Crippen LogP contribution in [0.5, 0.6) is 0 Å². The Morgan fingerprint density at radius 3 is 2.93 bits per heavy atom. The second kappa shape index (κ2) is 4.07. The predicted molar refractivity (Wildman–Crippen MR) is 63.4 cm³/mol. The third kappa shape index (κ3) is 1.99. The van der Waals surface area contributed by atoms with E-state index in [1.165, 1.54) is 6.26 Å². The van der Waals surface area contributed by atoms with Gasteiger partial charge in [0.1, 0.15) is 16.1 Å². The second-order valence-corrected chi connectivity index (χ2v) is 5.10. The summed E-state index contributed by atoms with van der Waals surface area (Å²) in [5.41, 5.74) is 0.579. The summed E-state index contributed by atoms with van der Waals surface area (Å²) in [5.74, 6) is 0.358. The van der Waals surface area contributed by atoms with Crippen LogP contribution in [0.25, 0.3) is 5.65 Å². The molecule has 0 aliphatic rings. The molecule has 15 heavy (non-hydrogen) atoms. The van der Waals surface area contributed by atoms with Crippen molar-refractivity contribution >= 4 is 50.1 Å². The Labute approximate surface area is 102 Å². The maximum absolute atomic E-state index is 11.0. The molecule has 0 bridgehead atoms. The molecule has 0 saturated carbocycles. The number of fused-ring (bicyclic) bond motifs is 1. The molecular formula is C7H6BrClN4OS. The fourth-order valence-electron chi connectivity index (χ4n) is 1.13. The lowest BCUT2D eigenvalue weighted by Crippen LogP contribution is -2.05. The summed E-state index contributed by atoms with van der Waals surface area (Å²) in [4.78, 5) is 0. The van der Waals surface area contributed by atoms with Crippen molar-refractivity contribution < 1.29 is 4.21 Å². The predicted octanol–water partition coefficient (Wildman–Crippen LogP) is 1.85. The number of anilines is 1. The van der Waals surface area contributed by atoms with Gasteiger partial charge in [-0.25, -0.2) is 8.61 Å². The number of hydrogen-bond donors (Lipinski definition) is 1. The van der Waals surface area contributed by atoms with Crippen molar-refractivity contribution in [1.29, 1.82) is 0 Å². The van der Waals surface area contributed by atoms with Crippen molar-refractivity contribution in [3.8, 4) is 0 Å². The van der Waals surface area contributed by atoms with E-state index in [1.54, 1.807) is 16.5 Å². The van der Waals surface area contributed by atoms with E-state index in [2.05, 4.69) is 30.8 Å². The fraction of sp³-hybridized carbons (Fsp3) is 0.143. The van der Waals surface area contributed by atoms with Gasteiger partial charge in [-0.15, -0.1) is 10.2 Å². The van der Waals surface area contributed by atoms with Crippen molar-refractivity contribution in [2.45, 2.75) is 0 Å². The zero-order valence-corrected chi connectivity index (χ0v) is 10.7. The summed E-state index contributed by atoms with van der Waals surface area (Å²) in [7, 11) is -1.21. The third-order valence-corrected chi connectivity index (χ3v) is 3.08. The highest BCUT2D eigenvalue weighted by Gasteiger charge is 2.11. The van der Waals surface area contributed by atoms with E-state index in [9.17, 15) is 4.21 Å². The first-order valence-electron chi connectivity index (χ1n) is 3.89. The van der Waals surface area contributed by atoms with Gasteiger partial charge in [-0.05, 0) is 28.1 Å². The van der Waals surface area contributed by atoms with E-state index in [0.717, 1.165) is 4.47 Å². The fourth-order valence-corrected chi connectivity index (χ4v) is 2.13. The van der Waals surface area contributed by atoms with Crippen molar-refractivity contribution in [3.05, 3.63) is 21.8 Å². The van der Waals surface area contributed by atoms with Gasteiger partial charge in [-0.3, -0.25) is 4.72 Å². The van der Waals surface area contributed by atoms with Crippen LogP contribution >= 0.6 is 27.5 Å². The van der Waals surface area contributed by atoms with Crippen LogP contribution in [0.2, 0.25) is 5.15 Å². The van der Waals surface area contributed by atoms with E-state index in [0.29, 0.717) is 16.7 Å². The molecule has 2 aromatic heterocycles. The zero-order valence-electron chi connectivity index (χ0n) is 7.57. The number of aromatic nitrogens is 3. The summed E-state index contributed by atoms with van der Waals surface area (Å²) in [6.07, 6.45) is 1.51. The molecule has 2 heterocycles. The van der Waals surface area contributed by atoms with Crippen LogP contribution < -0.4 is 4.72 Å². The average Bonchev–Trinajstić information content (AvgIpc) is 2.56. The minimum absolute atomic E-state index is 0.358. The maximum Gasteiger partial charge on any atom is 0.242 e. The van der Waals surface area contributed by atoms with Crippen LogP contribution in [0, 0.1) is 0 Å². The van der Waals surface area contributed by atoms with Gasteiger partial charge in [0.2, 0.25) is 5.95 Å². The molecule has 0 aliphatic heterocycles. The Hall–Kier alpha value is -0.660. The third-order valence-electron chi connectivity index (χ3n) is 1.69. The lowest BCUT2D eigenvalue weighted by Gasteiger charge is -2.02. The van der Waals surface area contributed by atoms with E-state index < -0.39 is 11.0 Å². The van der Waals surface area contributed by atoms with Gasteiger partial charge in [0.25, 0.3) is 0 Å². The van der Waals surface area contributed by atoms with Gasteiger partial charge < -0.3 is 0 Å². The summed E-state index contributed by atoms with van der Waals surface area (Å²) in [6, 6.07) is 3.48. The Balaban J connectivity index is 2.67. The Morgan fingerprint density at radius 2 is 2.27 bits per heavy atom. The van der Waals surface area contributed by atoms with Gasteiger partial charge in [0.15, 0.2) is 5.65 Å². The summed E-state index contributed by atoms with van der Waals surface area (Å²) in [6.45, 7) is 0. The number of pyridine rings is 1. The number of nitrogens with zero attached hydrogens (tertiary/aromatic N) is 3. The summed E-state index contributed by atoms with van der Waals surface area (Å²) < 4.78 is 16.0. The van der Waals surface area contributed by atoms with Crippen molar-refractivity contribution in [1.82, 2.24) is 14.6 Å². The molecular weight excluding hydrogens is 304 g/mol. The van der Waals surface area contributed by atoms with Crippen LogP contribution in [0.1, 0.15) is 0 Å². The number of nitrogens with one attached hydrogen (secondary N) is 1. The van der Waals surface area contributed by atoms with Gasteiger partial charge in [-0.1, -0.05) is 11.6 Å². The summed E-state index contributed by atoms with van der Waals surface area (Å²) in [5, 5.41) is 8.22. The molecule has 0 amide bonds. The van der Waals surface area contributed by atoms with Crippen molar-refractivity contribution in [2.75, 3.05) is 11.0 Å². The molecule has 0 spiro atoms. The molecule has 2 rings (SSSR count). The lowest BCUT2D eigenvalue weighted by atomic mass is 10.5. The van der Waals surface area contributed by atoms with Crippen molar-refractivity contribution in [2.24, 2.45) is 0 Å². The molecule has 0 aliphatic carbocycles. The van der Waals surface area contributed by atoms with Crippen molar-refractivity contribution in [3.63, 3.8) is 0 Å². The largest absolute Gasteiger partial charge is 0.273 e. The van der Waals surface area contributed by atoms with E-state index in [4.69, 9.17) is 11.6 Å². The first-order valence-corrected chi connectivity index (χ1v) is 6.61. The standard InChI is InChI=1S/C7H6BrClN4OS/c1-15(14)12-7-11-10-6-4(8)2-3-5(9)13(6)7/h2-3H,1H3,(H,11,12). The Bertz CT molecular complexity index is 543. The zero-order chi connectivity index (χ0) is 11.0. The van der Waals surface area contributed by atoms with Crippen LogP contribution in [0.4, 0.5) is 5.95 Å². The van der Waals surface area contributed by atoms with Crippen LogP contribution in [-0.2, 0) is 11.0 Å². The SMILES string of the molecule is CS(=O)Nc1nnc2c(Br)ccc(Cl)n12. The molecule has 0 fully saturated rings. The highest BCUT2D eigenvalue weighted by atomic mass is 79.9. The first kappa shape index (κ1) is 10.8. The van der Waals surface area contributed by atoms with Crippen LogP contribution in [0.3, 0.4) is 0 Å². The quantitative estimate of drug-likeness (QED) is 0.861. The Morgan fingerprint density at radius 1 is 1.53 bits per heavy atom. The topological polar surface area (TPSA) is 59.3 Å². The number of rotatable bonds is 2. The molecule has 2 aromatic rings. The van der Waals surface area contributed by atoms with Gasteiger partial charge in [0, 0.05) is 6.26 Å². The average molecular weight is 310 g/mol. The molecule has 1 atom stereocenters. The van der Waals surface area contributed by atoms with E-state index in [1.807, 2.05) is 0 Å². The van der Waals surface area contributed by atoms with E-state index in [-0.39, 0.29) is 0 Å². The molecule has 1 N–H and O–H groups in total. The normalized spacial score (nSPS) is 13.0. The molecule has 0 aromatic carbocycles. The second-order valence-electron chi connectivity index (χ2n) is 2.74. The molecule has 0 radical (unpaired) electrons. The van der Waals surface area contributed by atoms with Gasteiger partial charge in [-0.2, -0.15) is 0 Å². The van der Waals surface area contributed by atoms with Crippen LogP contribution in [0.15, 0.2) is 16.6 Å². The Kier molecular flexibility index (Phi) is 2.94. The van der Waals surface area contributed by atoms with E-state index >= 15 is 0 Å². The summed E-state index contributed by atoms with van der Waals surface area (Å²) >= 11 is 9.31. The minimum Gasteiger partial charge on any atom is -0.273 e. The minimum atomic E-state index is -1.21. The van der Waals surface area contributed by atoms with Gasteiger partial charge >= 0.3 is 0 Å². The molecule has 0 saturated heterocycles. The van der Waals surface area contributed by atoms with Crippen LogP contribution in [-0.4, -0.2) is 25.1 Å². The molecule has 1 unspecified atom stereocenters. The molecule has 80 valence electrons. The number of halogens is 2.